The molecule has 0 amide bonds. The molecule has 10 rings (SSSR count). The van der Waals surface area contributed by atoms with Crippen molar-refractivity contribution in [2.45, 2.75) is 155 Å². The monoisotopic (exact) mass is 914 g/mol. The Labute approximate surface area is 387 Å². The van der Waals surface area contributed by atoms with Gasteiger partial charge in [-0.3, -0.25) is 28.8 Å². The summed E-state index contributed by atoms with van der Waals surface area (Å²) in [5.74, 6) is -3.11. The summed E-state index contributed by atoms with van der Waals surface area (Å²) in [6.07, 6.45) is 7.71. The summed E-state index contributed by atoms with van der Waals surface area (Å²) in [4.78, 5) is 110. The van der Waals surface area contributed by atoms with Crippen LogP contribution in [0.25, 0.3) is 0 Å². The highest BCUT2D eigenvalue weighted by Gasteiger charge is 2.68. The molecule has 0 spiro atoms. The highest BCUT2D eigenvalue weighted by atomic mass is 16.6. The molecule has 10 fully saturated rings. The molecule has 2 N–H and O–H groups in total. The number of ketones is 4. The van der Waals surface area contributed by atoms with Gasteiger partial charge in [0.2, 0.25) is 0 Å². The van der Waals surface area contributed by atoms with E-state index in [1.165, 1.54) is 0 Å². The summed E-state index contributed by atoms with van der Waals surface area (Å²) >= 11 is 0. The van der Waals surface area contributed by atoms with E-state index in [-0.39, 0.29) is 95.3 Å². The molecular weight excluding hydrogens is 845 g/mol. The second-order valence-electron chi connectivity index (χ2n) is 23.4. The number of hydrogen-bond donors (Lipinski definition) is 2. The smallest absolute Gasteiger partial charge is 0.331 e. The predicted molar refractivity (Wildman–Crippen MR) is 236 cm³/mol. The Kier molecular flexibility index (Phi) is 11.9. The molecule has 0 bridgehead atoms. The van der Waals surface area contributed by atoms with Gasteiger partial charge in [-0.15, -0.1) is 0 Å². The lowest BCUT2D eigenvalue weighted by Crippen LogP contribution is -2.63. The molecule has 8 saturated carbocycles. The topological polar surface area (TPSA) is 198 Å². The first-order chi connectivity index (χ1) is 31.4. The summed E-state index contributed by atoms with van der Waals surface area (Å²) in [7, 11) is 0. The third-order valence-electron chi connectivity index (χ3n) is 20.6. The van der Waals surface area contributed by atoms with Crippen LogP contribution in [0.4, 0.5) is 0 Å². The van der Waals surface area contributed by atoms with Gasteiger partial charge < -0.3 is 29.6 Å². The number of Topliss-reactive ketones (excluding diaryl/α,β-unsaturated/α-hetero) is 4. The molecule has 360 valence electrons. The van der Waals surface area contributed by atoms with Gasteiger partial charge in [-0.05, 0) is 113 Å². The lowest BCUT2D eigenvalue weighted by atomic mass is 9.44. The maximum absolute atomic E-state index is 14.3. The molecule has 0 aromatic carbocycles. The van der Waals surface area contributed by atoms with Crippen LogP contribution in [0.1, 0.15) is 130 Å². The Balaban J connectivity index is 0.892. The molecule has 2 aliphatic heterocycles. The number of carbonyl (C=O) groups is 8. The molecule has 6 unspecified atom stereocenters. The third kappa shape index (κ3) is 7.38. The van der Waals surface area contributed by atoms with Crippen LogP contribution in [0, 0.1) is 80.8 Å². The first kappa shape index (κ1) is 46.0. The van der Waals surface area contributed by atoms with Crippen LogP contribution < -0.4 is 10.6 Å². The van der Waals surface area contributed by atoms with Gasteiger partial charge >= 0.3 is 23.9 Å². The minimum Gasteiger partial charge on any atom is -0.462 e. The second kappa shape index (κ2) is 17.0. The van der Waals surface area contributed by atoms with Crippen molar-refractivity contribution in [3.05, 3.63) is 12.2 Å². The van der Waals surface area contributed by atoms with Crippen LogP contribution in [0.5, 0.6) is 0 Å². The highest BCUT2D eigenvalue weighted by molar-refractivity contribution is 5.93. The van der Waals surface area contributed by atoms with Crippen LogP contribution >= 0.6 is 0 Å². The Bertz CT molecular complexity index is 1950. The van der Waals surface area contributed by atoms with Crippen molar-refractivity contribution >= 4 is 47.0 Å². The van der Waals surface area contributed by atoms with E-state index < -0.39 is 69.9 Å². The van der Waals surface area contributed by atoms with Crippen LogP contribution in [-0.4, -0.2) is 97.6 Å². The first-order valence-corrected chi connectivity index (χ1v) is 25.5. The van der Waals surface area contributed by atoms with Gasteiger partial charge in [-0.25, -0.2) is 9.59 Å². The van der Waals surface area contributed by atoms with Gasteiger partial charge in [-0.1, -0.05) is 27.7 Å². The Morgan fingerprint density at radius 2 is 0.939 bits per heavy atom. The predicted octanol–water partition coefficient (Wildman–Crippen LogP) is 5.21. The Morgan fingerprint density at radius 3 is 1.32 bits per heavy atom. The van der Waals surface area contributed by atoms with Crippen molar-refractivity contribution in [2.75, 3.05) is 26.2 Å². The number of carbonyl (C=O) groups excluding carboxylic acids is 8. The van der Waals surface area contributed by atoms with E-state index in [0.717, 1.165) is 38.1 Å². The van der Waals surface area contributed by atoms with E-state index in [2.05, 4.69) is 24.5 Å². The standard InChI is InChI=1S/C52H70N2O12/c1-49-15-11-35-31(33(49)5-7-41(49)57)23-39(55)37-19-29(63-47(61)27-13-17-53-25-27)21-43(51(35,37)3)65-45(59)9-10-46(60)66-44-22-30(64-48(62)28-14-18-54-26-28)20-38-40(56)24-32-34-6-8-42(58)50(34,2)16-12-36(32)52(38,44)4/h9-10,27-38,43-44,53-54H,5-8,11-26H2,1-4H3/b10-9+/t27-,28-,29?,30?,31-,32-,33-,34-,35+,36+,37?,38?,43?,44?,49-,50-,51+,52+/m0/s1. The van der Waals surface area contributed by atoms with Crippen molar-refractivity contribution in [3.63, 3.8) is 0 Å². The number of hydrogen-bond acceptors (Lipinski definition) is 14. The molecule has 66 heavy (non-hydrogen) atoms. The van der Waals surface area contributed by atoms with Gasteiger partial charge in [0.1, 0.15) is 47.5 Å². The fraction of sp³-hybridized carbons (Fsp3) is 0.808. The van der Waals surface area contributed by atoms with Crippen molar-refractivity contribution in [2.24, 2.45) is 80.8 Å². The van der Waals surface area contributed by atoms with Crippen molar-refractivity contribution in [3.8, 4) is 0 Å². The minimum atomic E-state index is -0.810. The highest BCUT2D eigenvalue weighted by Crippen LogP contribution is 2.67. The zero-order valence-electron chi connectivity index (χ0n) is 39.3. The summed E-state index contributed by atoms with van der Waals surface area (Å²) < 4.78 is 24.9. The number of ether oxygens (including phenoxy) is 4. The van der Waals surface area contributed by atoms with Gasteiger partial charge in [0.25, 0.3) is 0 Å². The lowest BCUT2D eigenvalue weighted by molar-refractivity contribution is -0.205. The van der Waals surface area contributed by atoms with Crippen LogP contribution in [0.2, 0.25) is 0 Å². The maximum atomic E-state index is 14.3. The van der Waals surface area contributed by atoms with E-state index in [1.54, 1.807) is 0 Å². The molecule has 2 heterocycles. The molecule has 10 aliphatic rings. The van der Waals surface area contributed by atoms with E-state index in [0.29, 0.717) is 90.1 Å². The van der Waals surface area contributed by atoms with E-state index in [4.69, 9.17) is 18.9 Å². The van der Waals surface area contributed by atoms with Gasteiger partial charge in [-0.2, -0.15) is 0 Å². The summed E-state index contributed by atoms with van der Waals surface area (Å²) in [5.41, 5.74) is -2.51. The van der Waals surface area contributed by atoms with E-state index in [9.17, 15) is 38.4 Å². The molecule has 18 atom stereocenters. The Morgan fingerprint density at radius 1 is 0.530 bits per heavy atom. The quantitative estimate of drug-likeness (QED) is 0.183. The van der Waals surface area contributed by atoms with Gasteiger partial charge in [0, 0.05) is 97.3 Å². The SMILES string of the molecule is C[C@]12C(OC(=O)/C=C/C(=O)OC3CC(OC(=O)[C@H]4CCNC4)CC4C(=O)C[C@@H]5[C@@H](CC[C@]6(C)C(=O)CC[C@@H]56)[C@@]34C)CC(OC(=O)[C@H]3CCNC3)CC1C(=O)C[C@@H]1[C@H]2CC[C@]2(C)C(=O)CC[C@@H]12. The maximum Gasteiger partial charge on any atom is 0.331 e. The van der Waals surface area contributed by atoms with Crippen LogP contribution in [0.3, 0.4) is 0 Å². The largest absolute Gasteiger partial charge is 0.462 e. The number of rotatable bonds is 8. The summed E-state index contributed by atoms with van der Waals surface area (Å²) in [6.45, 7) is 10.7. The fourth-order valence-corrected chi connectivity index (χ4v) is 16.9. The second-order valence-corrected chi connectivity index (χ2v) is 23.4. The molecule has 2 saturated heterocycles. The zero-order valence-corrected chi connectivity index (χ0v) is 39.3. The van der Waals surface area contributed by atoms with Crippen molar-refractivity contribution < 1.29 is 57.3 Å². The minimum absolute atomic E-state index is 0.000565. The average molecular weight is 915 g/mol. The fourth-order valence-electron chi connectivity index (χ4n) is 16.9. The molecular formula is C52H70N2O12. The Hall–Kier alpha value is -3.78. The number of fused-ring (bicyclic) bond motifs is 10. The van der Waals surface area contributed by atoms with E-state index >= 15 is 0 Å². The normalized spacial score (nSPS) is 47.2. The molecule has 0 radical (unpaired) electrons. The lowest BCUT2D eigenvalue weighted by Gasteiger charge is -2.61. The van der Waals surface area contributed by atoms with Crippen molar-refractivity contribution in [1.82, 2.24) is 10.6 Å². The zero-order chi connectivity index (χ0) is 46.5. The van der Waals surface area contributed by atoms with E-state index in [1.807, 2.05) is 13.8 Å². The van der Waals surface area contributed by atoms with Gasteiger partial charge in [0.05, 0.1) is 11.8 Å². The van der Waals surface area contributed by atoms with Crippen LogP contribution in [-0.2, 0) is 57.3 Å². The summed E-state index contributed by atoms with van der Waals surface area (Å²) in [5, 5.41) is 6.41. The summed E-state index contributed by atoms with van der Waals surface area (Å²) in [6, 6.07) is 0. The van der Waals surface area contributed by atoms with Gasteiger partial charge in [0.15, 0.2) is 0 Å². The van der Waals surface area contributed by atoms with Crippen molar-refractivity contribution in [1.29, 1.82) is 0 Å². The molecule has 14 nitrogen and oxygen atoms in total. The number of esters is 4. The first-order valence-electron chi connectivity index (χ1n) is 25.5. The average Bonchev–Trinajstić information content (AvgIpc) is 4.11. The third-order valence-corrected chi connectivity index (χ3v) is 20.6. The molecule has 0 aromatic heterocycles. The molecule has 14 heteroatoms. The molecule has 8 aliphatic carbocycles. The number of nitrogens with one attached hydrogen (secondary N) is 2. The van der Waals surface area contributed by atoms with Crippen LogP contribution in [0.15, 0.2) is 12.2 Å². The molecule has 0 aromatic rings.